The molecule has 0 fully saturated rings. The van der Waals surface area contributed by atoms with Crippen LogP contribution in [0.3, 0.4) is 0 Å². The van der Waals surface area contributed by atoms with Crippen LogP contribution >= 0.6 is 11.3 Å². The van der Waals surface area contributed by atoms with Crippen molar-refractivity contribution in [2.45, 2.75) is 39.7 Å². The first-order valence-electron chi connectivity index (χ1n) is 12.9. The van der Waals surface area contributed by atoms with Crippen LogP contribution in [0, 0.1) is 13.8 Å². The van der Waals surface area contributed by atoms with Crippen molar-refractivity contribution in [3.63, 3.8) is 0 Å². The maximum atomic E-state index is 13.8. The molecule has 0 aliphatic heterocycles. The zero-order chi connectivity index (χ0) is 31.0. The Balaban J connectivity index is 1.86. The molecule has 14 heteroatoms. The van der Waals surface area contributed by atoms with Crippen molar-refractivity contribution in [1.29, 1.82) is 0 Å². The van der Waals surface area contributed by atoms with E-state index in [-0.39, 0.29) is 18.1 Å². The number of thiazole rings is 1. The minimum absolute atomic E-state index is 0.0446. The van der Waals surface area contributed by atoms with Gasteiger partial charge in [0.15, 0.2) is 0 Å². The third-order valence-corrected chi connectivity index (χ3v) is 8.80. The highest BCUT2D eigenvalue weighted by Crippen LogP contribution is 2.30. The number of nitrogens with one attached hydrogen (secondary N) is 1. The molecule has 0 bridgehead atoms. The minimum Gasteiger partial charge on any atom is -0.496 e. The second kappa shape index (κ2) is 14.5. The zero-order valence-corrected chi connectivity index (χ0v) is 25.7. The Hall–Kier alpha value is -3.62. The summed E-state index contributed by atoms with van der Waals surface area (Å²) in [7, 11) is -0.560. The first-order valence-corrected chi connectivity index (χ1v) is 15.2. The van der Waals surface area contributed by atoms with Gasteiger partial charge in [-0.3, -0.25) is 9.59 Å². The summed E-state index contributed by atoms with van der Waals surface area (Å²) in [6, 6.07) is 13.1. The molecular weight excluding hydrogens is 590 g/mol. The highest BCUT2D eigenvalue weighted by Gasteiger charge is 2.27. The van der Waals surface area contributed by atoms with E-state index < -0.39 is 29.1 Å². The van der Waals surface area contributed by atoms with Crippen LogP contribution in [-0.2, 0) is 23.2 Å². The van der Waals surface area contributed by atoms with E-state index in [1.165, 1.54) is 14.2 Å². The standard InChI is InChI=1S/C28H34F2N4O6S2/c1-18-22(39-4)14-21(15-23(18)40-5)28(36)34(13-9-12-20-10-7-6-8-11-20)17-25-31-26(19(2)41-25)27(35)32-42(37,38)33(3)16-24(29)30/h6-8,10-11,14-15,24H,9,12-13,16-17H2,1-5H3,(H,32,35). The van der Waals surface area contributed by atoms with E-state index in [9.17, 15) is 26.8 Å². The molecule has 1 heterocycles. The van der Waals surface area contributed by atoms with Crippen molar-refractivity contribution in [2.24, 2.45) is 0 Å². The minimum atomic E-state index is -4.51. The molecule has 0 radical (unpaired) electrons. The number of halogens is 2. The van der Waals surface area contributed by atoms with E-state index in [0.29, 0.717) is 44.2 Å². The van der Waals surface area contributed by atoms with Gasteiger partial charge in [0.05, 0.1) is 27.3 Å². The summed E-state index contributed by atoms with van der Waals surface area (Å²) in [6.45, 7) is 2.74. The summed E-state index contributed by atoms with van der Waals surface area (Å²) < 4.78 is 63.0. The number of methoxy groups -OCH3 is 2. The molecule has 1 aromatic heterocycles. The number of aromatic nitrogens is 1. The molecule has 10 nitrogen and oxygen atoms in total. The molecule has 0 aliphatic rings. The fourth-order valence-electron chi connectivity index (χ4n) is 4.19. The Morgan fingerprint density at radius 3 is 2.26 bits per heavy atom. The number of amides is 2. The lowest BCUT2D eigenvalue weighted by Crippen LogP contribution is -2.43. The van der Waals surface area contributed by atoms with Gasteiger partial charge in [0.25, 0.3) is 18.2 Å². The molecule has 0 spiro atoms. The topological polar surface area (TPSA) is 118 Å². The third-order valence-electron chi connectivity index (χ3n) is 6.43. The second-order valence-corrected chi connectivity index (χ2v) is 12.5. The maximum absolute atomic E-state index is 13.8. The van der Waals surface area contributed by atoms with Crippen LogP contribution in [0.2, 0.25) is 0 Å². The quantitative estimate of drug-likeness (QED) is 0.285. The Morgan fingerprint density at radius 2 is 1.69 bits per heavy atom. The normalized spacial score (nSPS) is 11.5. The number of hydrogen-bond donors (Lipinski definition) is 1. The SMILES string of the molecule is COc1cc(C(=O)N(CCCc2ccccc2)Cc2nc(C(=O)NS(=O)(=O)N(C)CC(F)F)c(C)s2)cc(OC)c1C. The van der Waals surface area contributed by atoms with Crippen molar-refractivity contribution in [3.05, 3.63) is 74.7 Å². The van der Waals surface area contributed by atoms with E-state index in [4.69, 9.17) is 9.47 Å². The Kier molecular flexibility index (Phi) is 11.4. The van der Waals surface area contributed by atoms with Crippen molar-refractivity contribution in [1.82, 2.24) is 18.9 Å². The van der Waals surface area contributed by atoms with Crippen LogP contribution in [0.25, 0.3) is 0 Å². The summed E-state index contributed by atoms with van der Waals surface area (Å²) in [4.78, 5) is 32.9. The number of rotatable bonds is 14. The molecule has 2 aromatic carbocycles. The molecule has 42 heavy (non-hydrogen) atoms. The Labute approximate surface area is 248 Å². The number of aryl methyl sites for hydroxylation is 2. The van der Waals surface area contributed by atoms with E-state index >= 15 is 0 Å². The predicted octanol–water partition coefficient (Wildman–Crippen LogP) is 4.22. The molecular formula is C28H34F2N4O6S2. The number of carbonyl (C=O) groups is 2. The fraction of sp³-hybridized carbons (Fsp3) is 0.393. The molecule has 0 aliphatic carbocycles. The number of benzene rings is 2. The second-order valence-electron chi connectivity index (χ2n) is 9.44. The van der Waals surface area contributed by atoms with Gasteiger partial charge in [-0.2, -0.15) is 12.7 Å². The number of hydrogen-bond acceptors (Lipinski definition) is 8. The van der Waals surface area contributed by atoms with Crippen LogP contribution in [0.1, 0.15) is 48.3 Å². The number of alkyl halides is 2. The molecule has 1 N–H and O–H groups in total. The largest absolute Gasteiger partial charge is 0.496 e. The molecule has 3 aromatic rings. The average molecular weight is 625 g/mol. The van der Waals surface area contributed by atoms with E-state index in [2.05, 4.69) is 4.98 Å². The summed E-state index contributed by atoms with van der Waals surface area (Å²) in [5.41, 5.74) is 2.03. The van der Waals surface area contributed by atoms with Crippen LogP contribution < -0.4 is 14.2 Å². The highest BCUT2D eigenvalue weighted by molar-refractivity contribution is 7.87. The lowest BCUT2D eigenvalue weighted by Gasteiger charge is -2.23. The van der Waals surface area contributed by atoms with Crippen molar-refractivity contribution >= 4 is 33.4 Å². The lowest BCUT2D eigenvalue weighted by atomic mass is 10.1. The van der Waals surface area contributed by atoms with E-state index in [0.717, 1.165) is 35.9 Å². The molecule has 0 unspecified atom stereocenters. The molecule has 0 saturated heterocycles. The summed E-state index contributed by atoms with van der Waals surface area (Å²) in [5.74, 6) is -0.381. The molecule has 0 saturated carbocycles. The zero-order valence-electron chi connectivity index (χ0n) is 24.0. The van der Waals surface area contributed by atoms with Crippen molar-refractivity contribution in [3.8, 4) is 11.5 Å². The van der Waals surface area contributed by atoms with Crippen LogP contribution in [0.5, 0.6) is 11.5 Å². The van der Waals surface area contributed by atoms with Gasteiger partial charge in [-0.1, -0.05) is 30.3 Å². The number of carbonyl (C=O) groups excluding carboxylic acids is 2. The molecule has 0 atom stereocenters. The molecule has 228 valence electrons. The summed E-state index contributed by atoms with van der Waals surface area (Å²) in [6.07, 6.45) is -1.55. The Morgan fingerprint density at radius 1 is 1.07 bits per heavy atom. The van der Waals surface area contributed by atoms with E-state index in [1.807, 2.05) is 37.3 Å². The van der Waals surface area contributed by atoms with Gasteiger partial charge < -0.3 is 14.4 Å². The fourth-order valence-corrected chi connectivity index (χ4v) is 5.93. The van der Waals surface area contributed by atoms with Crippen LogP contribution in [0.15, 0.2) is 42.5 Å². The Bertz CT molecular complexity index is 1470. The van der Waals surface area contributed by atoms with E-state index in [1.54, 1.807) is 28.7 Å². The van der Waals surface area contributed by atoms with Gasteiger partial charge in [0, 0.05) is 29.6 Å². The van der Waals surface area contributed by atoms with Gasteiger partial charge >= 0.3 is 10.2 Å². The molecule has 3 rings (SSSR count). The highest BCUT2D eigenvalue weighted by atomic mass is 32.2. The first kappa shape index (κ1) is 32.9. The predicted molar refractivity (Wildman–Crippen MR) is 156 cm³/mol. The van der Waals surface area contributed by atoms with Crippen LogP contribution in [0.4, 0.5) is 8.78 Å². The number of ether oxygens (including phenoxy) is 2. The summed E-state index contributed by atoms with van der Waals surface area (Å²) in [5, 5.41) is 0.398. The first-order chi connectivity index (χ1) is 19.9. The third kappa shape index (κ3) is 8.46. The van der Waals surface area contributed by atoms with Crippen molar-refractivity contribution in [2.75, 3.05) is 34.4 Å². The monoisotopic (exact) mass is 624 g/mol. The van der Waals surface area contributed by atoms with Gasteiger partial charge in [-0.05, 0) is 44.4 Å². The smallest absolute Gasteiger partial charge is 0.304 e. The van der Waals surface area contributed by atoms with Gasteiger partial charge in [0.2, 0.25) is 0 Å². The number of nitrogens with zero attached hydrogens (tertiary/aromatic N) is 3. The van der Waals surface area contributed by atoms with Crippen LogP contribution in [-0.4, -0.2) is 75.2 Å². The molecule has 2 amide bonds. The maximum Gasteiger partial charge on any atom is 0.304 e. The van der Waals surface area contributed by atoms with Gasteiger partial charge in [-0.15, -0.1) is 11.3 Å². The van der Waals surface area contributed by atoms with Crippen molar-refractivity contribution < 1.29 is 36.3 Å². The van der Waals surface area contributed by atoms with Gasteiger partial charge in [-0.25, -0.2) is 18.5 Å². The summed E-state index contributed by atoms with van der Waals surface area (Å²) >= 11 is 1.13. The van der Waals surface area contributed by atoms with Gasteiger partial charge in [0.1, 0.15) is 22.2 Å². The lowest BCUT2D eigenvalue weighted by molar-refractivity contribution is 0.0740. The average Bonchev–Trinajstić information content (AvgIpc) is 3.32.